The Bertz CT molecular complexity index is 1230. The molecule has 182 valence electrons. The van der Waals surface area contributed by atoms with Gasteiger partial charge >= 0.3 is 0 Å². The Morgan fingerprint density at radius 3 is 2.34 bits per heavy atom. The van der Waals surface area contributed by atoms with Gasteiger partial charge in [0.1, 0.15) is 5.82 Å². The Labute approximate surface area is 208 Å². The lowest BCUT2D eigenvalue weighted by atomic mass is 9.74. The van der Waals surface area contributed by atoms with Gasteiger partial charge in [0.2, 0.25) is 0 Å². The van der Waals surface area contributed by atoms with Crippen molar-refractivity contribution in [1.29, 1.82) is 0 Å². The molecule has 0 atom stereocenters. The van der Waals surface area contributed by atoms with Crippen LogP contribution in [-0.2, 0) is 17.4 Å². The van der Waals surface area contributed by atoms with E-state index in [2.05, 4.69) is 75.1 Å². The van der Waals surface area contributed by atoms with E-state index < -0.39 is 0 Å². The zero-order chi connectivity index (χ0) is 24.8. The van der Waals surface area contributed by atoms with Crippen LogP contribution in [0.15, 0.2) is 66.7 Å². The van der Waals surface area contributed by atoms with E-state index in [1.54, 1.807) is 12.1 Å². The minimum absolute atomic E-state index is 0.0447. The molecule has 0 aromatic heterocycles. The highest BCUT2D eigenvalue weighted by molar-refractivity contribution is 6.07. The van der Waals surface area contributed by atoms with E-state index in [1.807, 2.05) is 4.90 Å². The molecule has 0 aliphatic carbocycles. The molecule has 1 saturated heterocycles. The fourth-order valence-corrected chi connectivity index (χ4v) is 5.68. The monoisotopic (exact) mass is 470 g/mol. The number of aryl methyl sites for hydroxylation is 1. The Morgan fingerprint density at radius 1 is 0.971 bits per heavy atom. The Kier molecular flexibility index (Phi) is 6.04. The summed E-state index contributed by atoms with van der Waals surface area (Å²) in [6.45, 7) is 12.5. The normalized spacial score (nSPS) is 17.6. The maximum Gasteiger partial charge on any atom is 0.258 e. The minimum atomic E-state index is -0.377. The second-order valence-corrected chi connectivity index (χ2v) is 11.4. The highest BCUT2D eigenvalue weighted by Gasteiger charge is 2.46. The van der Waals surface area contributed by atoms with E-state index in [9.17, 15) is 9.18 Å². The third-order valence-electron chi connectivity index (χ3n) is 7.83. The van der Waals surface area contributed by atoms with Gasteiger partial charge in [-0.3, -0.25) is 9.69 Å². The van der Waals surface area contributed by atoms with Crippen molar-refractivity contribution in [3.63, 3.8) is 0 Å². The molecule has 2 heterocycles. The number of fused-ring (bicyclic) bond motifs is 2. The summed E-state index contributed by atoms with van der Waals surface area (Å²) in [5.74, 6) is -0.495. The van der Waals surface area contributed by atoms with Crippen molar-refractivity contribution in [2.45, 2.75) is 57.9 Å². The molecule has 0 N–H and O–H groups in total. The number of rotatable bonds is 3. The van der Waals surface area contributed by atoms with Crippen molar-refractivity contribution < 1.29 is 9.18 Å². The smallest absolute Gasteiger partial charge is 0.258 e. The van der Waals surface area contributed by atoms with Crippen LogP contribution in [0.5, 0.6) is 0 Å². The zero-order valence-corrected chi connectivity index (χ0v) is 21.3. The van der Waals surface area contributed by atoms with Gasteiger partial charge in [0.05, 0.1) is 0 Å². The van der Waals surface area contributed by atoms with Crippen LogP contribution < -0.4 is 4.90 Å². The molecule has 1 amide bonds. The summed E-state index contributed by atoms with van der Waals surface area (Å²) in [5.41, 5.74) is 6.71. The first kappa shape index (κ1) is 23.7. The van der Waals surface area contributed by atoms with Gasteiger partial charge in [-0.2, -0.15) is 0 Å². The number of carbonyl (C=O) groups excluding carboxylic acids is 1. The maximum atomic E-state index is 13.8. The van der Waals surface area contributed by atoms with Crippen LogP contribution in [0.4, 0.5) is 10.1 Å². The topological polar surface area (TPSA) is 23.6 Å². The molecule has 0 bridgehead atoms. The number of hydrogen-bond donors (Lipinski definition) is 0. The molecule has 3 aromatic carbocycles. The minimum Gasteiger partial charge on any atom is -0.307 e. The summed E-state index contributed by atoms with van der Waals surface area (Å²) in [6.07, 6.45) is 2.02. The fraction of sp³-hybridized carbons (Fsp3) is 0.387. The van der Waals surface area contributed by atoms with E-state index in [-0.39, 0.29) is 22.6 Å². The quantitative estimate of drug-likeness (QED) is 0.429. The molecule has 1 spiro atoms. The molecule has 1 fully saturated rings. The summed E-state index contributed by atoms with van der Waals surface area (Å²) in [4.78, 5) is 17.8. The van der Waals surface area contributed by atoms with E-state index in [4.69, 9.17) is 0 Å². The lowest BCUT2D eigenvalue weighted by Gasteiger charge is -2.40. The van der Waals surface area contributed by atoms with Gasteiger partial charge in [-0.1, -0.05) is 68.8 Å². The number of anilines is 1. The molecule has 5 rings (SSSR count). The van der Waals surface area contributed by atoms with Gasteiger partial charge in [-0.15, -0.1) is 0 Å². The van der Waals surface area contributed by atoms with Gasteiger partial charge in [-0.25, -0.2) is 4.39 Å². The van der Waals surface area contributed by atoms with Crippen molar-refractivity contribution in [3.8, 4) is 0 Å². The number of likely N-dealkylation sites (tertiary alicyclic amines) is 1. The van der Waals surface area contributed by atoms with Crippen LogP contribution in [0.2, 0.25) is 0 Å². The SMILES string of the molecule is Cc1ccc2c(c1)C1(CCN(Cc3ccc(C(C)(C)C)cc3)CC1)CN2C(=O)c1cccc(F)c1. The molecule has 35 heavy (non-hydrogen) atoms. The van der Waals surface area contributed by atoms with Crippen molar-refractivity contribution in [1.82, 2.24) is 4.90 Å². The summed E-state index contributed by atoms with van der Waals surface area (Å²) in [5, 5.41) is 0. The lowest BCUT2D eigenvalue weighted by Crippen LogP contribution is -2.45. The Hall–Kier alpha value is -2.98. The van der Waals surface area contributed by atoms with Crippen molar-refractivity contribution >= 4 is 11.6 Å². The predicted molar refractivity (Wildman–Crippen MR) is 141 cm³/mol. The molecule has 2 aliphatic heterocycles. The molecule has 0 saturated carbocycles. The summed E-state index contributed by atoms with van der Waals surface area (Å²) in [6, 6.07) is 21.5. The van der Waals surface area contributed by atoms with Crippen LogP contribution in [-0.4, -0.2) is 30.4 Å². The number of benzene rings is 3. The van der Waals surface area contributed by atoms with Crippen molar-refractivity contribution in [2.24, 2.45) is 0 Å². The average molecular weight is 471 g/mol. The van der Waals surface area contributed by atoms with E-state index in [0.717, 1.165) is 38.2 Å². The van der Waals surface area contributed by atoms with Gasteiger partial charge in [0, 0.05) is 29.8 Å². The van der Waals surface area contributed by atoms with Crippen molar-refractivity contribution in [3.05, 3.63) is 100 Å². The zero-order valence-electron chi connectivity index (χ0n) is 21.3. The molecular formula is C31H35FN2O. The van der Waals surface area contributed by atoms with Gasteiger partial charge < -0.3 is 4.90 Å². The fourth-order valence-electron chi connectivity index (χ4n) is 5.68. The van der Waals surface area contributed by atoms with Crippen molar-refractivity contribution in [2.75, 3.05) is 24.5 Å². The molecule has 3 aromatic rings. The number of halogens is 1. The summed E-state index contributed by atoms with van der Waals surface area (Å²) >= 11 is 0. The highest BCUT2D eigenvalue weighted by atomic mass is 19.1. The number of carbonyl (C=O) groups is 1. The summed E-state index contributed by atoms with van der Waals surface area (Å²) < 4.78 is 13.8. The predicted octanol–water partition coefficient (Wildman–Crippen LogP) is 6.63. The first-order valence-electron chi connectivity index (χ1n) is 12.7. The highest BCUT2D eigenvalue weighted by Crippen LogP contribution is 2.48. The first-order chi connectivity index (χ1) is 16.6. The van der Waals surface area contributed by atoms with E-state index in [1.165, 1.54) is 34.4 Å². The summed E-state index contributed by atoms with van der Waals surface area (Å²) in [7, 11) is 0. The second-order valence-electron chi connectivity index (χ2n) is 11.4. The van der Waals surface area contributed by atoms with Crippen LogP contribution in [0.25, 0.3) is 0 Å². The first-order valence-corrected chi connectivity index (χ1v) is 12.7. The van der Waals surface area contributed by atoms with Crippen LogP contribution in [0.1, 0.15) is 66.2 Å². The Balaban J connectivity index is 1.34. The number of piperidine rings is 1. The van der Waals surface area contributed by atoms with Gasteiger partial charge in [-0.05, 0) is 79.2 Å². The number of hydrogen-bond acceptors (Lipinski definition) is 2. The van der Waals surface area contributed by atoms with E-state index in [0.29, 0.717) is 12.1 Å². The Morgan fingerprint density at radius 2 is 1.69 bits per heavy atom. The van der Waals surface area contributed by atoms with E-state index >= 15 is 0 Å². The largest absolute Gasteiger partial charge is 0.307 e. The standard InChI is InChI=1S/C31H35FN2O/c1-22-8-13-28-27(18-22)31(21-34(28)29(35)24-6-5-7-26(32)19-24)14-16-33(17-15-31)20-23-9-11-25(12-10-23)30(2,3)4/h5-13,18-19H,14-17,20-21H2,1-4H3. The third-order valence-corrected chi connectivity index (χ3v) is 7.83. The molecule has 3 nitrogen and oxygen atoms in total. The molecule has 0 unspecified atom stereocenters. The third kappa shape index (κ3) is 4.64. The number of nitrogens with zero attached hydrogens (tertiary/aromatic N) is 2. The number of amides is 1. The molecule has 4 heteroatoms. The molecular weight excluding hydrogens is 435 g/mol. The molecule has 0 radical (unpaired) electrons. The van der Waals surface area contributed by atoms with Crippen LogP contribution in [0, 0.1) is 12.7 Å². The van der Waals surface area contributed by atoms with Crippen LogP contribution in [0.3, 0.4) is 0 Å². The lowest BCUT2D eigenvalue weighted by molar-refractivity contribution is 0.0975. The second kappa shape index (κ2) is 8.91. The van der Waals surface area contributed by atoms with Gasteiger partial charge in [0.25, 0.3) is 5.91 Å². The van der Waals surface area contributed by atoms with Crippen LogP contribution >= 0.6 is 0 Å². The molecule has 2 aliphatic rings. The van der Waals surface area contributed by atoms with Gasteiger partial charge in [0.15, 0.2) is 0 Å². The average Bonchev–Trinajstić information content (AvgIpc) is 3.13. The maximum absolute atomic E-state index is 13.8.